The normalized spacial score (nSPS) is 15.5. The molecule has 0 amide bonds. The molecule has 0 aromatic rings. The van der Waals surface area contributed by atoms with Crippen molar-refractivity contribution < 1.29 is 9.53 Å². The molecule has 0 unspecified atom stereocenters. The summed E-state index contributed by atoms with van der Waals surface area (Å²) in [7, 11) is 0. The van der Waals surface area contributed by atoms with Crippen LogP contribution in [0.2, 0.25) is 0 Å². The Kier molecular flexibility index (Phi) is 2.74. The summed E-state index contributed by atoms with van der Waals surface area (Å²) in [5.74, 6) is 5.20. The molecule has 2 nitrogen and oxygen atoms in total. The first-order valence-corrected chi connectivity index (χ1v) is 3.64. The molecule has 1 heterocycles. The fraction of sp³-hybridized carbons (Fsp3) is 0.444. The Morgan fingerprint density at radius 3 is 3.09 bits per heavy atom. The molecule has 1 aliphatic rings. The number of hydrogen-bond acceptors (Lipinski definition) is 2. The van der Waals surface area contributed by atoms with E-state index in [0.717, 1.165) is 12.8 Å². The number of carbonyl (C=O) groups is 1. The maximum Gasteiger partial charge on any atom is 0.270 e. The van der Waals surface area contributed by atoms with Crippen molar-refractivity contribution in [2.75, 3.05) is 6.61 Å². The van der Waals surface area contributed by atoms with Gasteiger partial charge < -0.3 is 4.74 Å². The molecular weight excluding hydrogens is 140 g/mol. The van der Waals surface area contributed by atoms with Crippen molar-refractivity contribution in [1.29, 1.82) is 0 Å². The Bertz CT molecular complexity index is 240. The van der Waals surface area contributed by atoms with Gasteiger partial charge in [0.15, 0.2) is 5.76 Å². The van der Waals surface area contributed by atoms with Crippen LogP contribution >= 0.6 is 0 Å². The van der Waals surface area contributed by atoms with E-state index in [-0.39, 0.29) is 5.78 Å². The summed E-state index contributed by atoms with van der Waals surface area (Å²) in [6, 6.07) is 0. The lowest BCUT2D eigenvalue weighted by molar-refractivity contribution is -0.114. The number of ketones is 1. The molecule has 58 valence electrons. The highest BCUT2D eigenvalue weighted by atomic mass is 16.5. The summed E-state index contributed by atoms with van der Waals surface area (Å²) in [6.07, 6.45) is 3.72. The van der Waals surface area contributed by atoms with E-state index in [1.165, 1.54) is 0 Å². The van der Waals surface area contributed by atoms with Crippen LogP contribution in [0.3, 0.4) is 0 Å². The van der Waals surface area contributed by atoms with Gasteiger partial charge >= 0.3 is 0 Å². The van der Waals surface area contributed by atoms with E-state index in [1.54, 1.807) is 13.0 Å². The molecule has 1 rings (SSSR count). The summed E-state index contributed by atoms with van der Waals surface area (Å²) >= 11 is 0. The Morgan fingerprint density at radius 1 is 1.73 bits per heavy atom. The van der Waals surface area contributed by atoms with Gasteiger partial charge in [-0.15, -0.1) is 0 Å². The first kappa shape index (κ1) is 7.87. The quantitative estimate of drug-likeness (QED) is 0.415. The Balaban J connectivity index is 2.63. The van der Waals surface area contributed by atoms with Crippen LogP contribution in [-0.2, 0) is 9.53 Å². The van der Waals surface area contributed by atoms with Gasteiger partial charge in [0.2, 0.25) is 0 Å². The van der Waals surface area contributed by atoms with Crippen LogP contribution in [0.5, 0.6) is 0 Å². The first-order chi connectivity index (χ1) is 5.34. The molecule has 0 bridgehead atoms. The molecule has 0 radical (unpaired) electrons. The predicted molar refractivity (Wildman–Crippen MR) is 41.7 cm³/mol. The Hall–Kier alpha value is -1.23. The van der Waals surface area contributed by atoms with Gasteiger partial charge in [0.1, 0.15) is 0 Å². The molecule has 0 aromatic carbocycles. The summed E-state index contributed by atoms with van der Waals surface area (Å²) in [6.45, 7) is 2.28. The Morgan fingerprint density at radius 2 is 2.55 bits per heavy atom. The van der Waals surface area contributed by atoms with Crippen LogP contribution in [0.15, 0.2) is 11.8 Å². The molecule has 0 atom stereocenters. The third-order valence-electron chi connectivity index (χ3n) is 1.40. The van der Waals surface area contributed by atoms with Gasteiger partial charge in [0.25, 0.3) is 5.78 Å². The standard InChI is InChI=1S/C9H10O2/c1-2-5-8(10)9-6-3-4-7-11-9/h6H,3-4,7H2,1H3. The summed E-state index contributed by atoms with van der Waals surface area (Å²) < 4.78 is 5.10. The highest BCUT2D eigenvalue weighted by Crippen LogP contribution is 2.09. The second kappa shape index (κ2) is 3.82. The lowest BCUT2D eigenvalue weighted by Crippen LogP contribution is -2.08. The van der Waals surface area contributed by atoms with Crippen LogP contribution in [0.25, 0.3) is 0 Å². The van der Waals surface area contributed by atoms with E-state index in [2.05, 4.69) is 11.8 Å². The molecule has 0 saturated carbocycles. The average Bonchev–Trinajstić information content (AvgIpc) is 2.07. The molecule has 2 heteroatoms. The number of Topliss-reactive ketones (excluding diaryl/α,β-unsaturated/α-hetero) is 1. The van der Waals surface area contributed by atoms with Crippen LogP contribution in [-0.4, -0.2) is 12.4 Å². The molecular formula is C9H10O2. The molecule has 1 aliphatic heterocycles. The number of allylic oxidation sites excluding steroid dienone is 2. The first-order valence-electron chi connectivity index (χ1n) is 3.64. The predicted octanol–water partition coefficient (Wildman–Crippen LogP) is 1.27. The number of hydrogen-bond donors (Lipinski definition) is 0. The van der Waals surface area contributed by atoms with Gasteiger partial charge in [-0.3, -0.25) is 4.79 Å². The fourth-order valence-corrected chi connectivity index (χ4v) is 0.891. The molecule has 0 N–H and O–H groups in total. The maximum atomic E-state index is 11.0. The summed E-state index contributed by atoms with van der Waals surface area (Å²) in [4.78, 5) is 11.0. The van der Waals surface area contributed by atoms with E-state index >= 15 is 0 Å². The molecule has 0 aliphatic carbocycles. The maximum absolute atomic E-state index is 11.0. The molecule has 0 fully saturated rings. The highest BCUT2D eigenvalue weighted by molar-refractivity contribution is 6.07. The van der Waals surface area contributed by atoms with Crippen LogP contribution in [0.4, 0.5) is 0 Å². The van der Waals surface area contributed by atoms with Crippen molar-refractivity contribution >= 4 is 5.78 Å². The largest absolute Gasteiger partial charge is 0.489 e. The molecule has 0 saturated heterocycles. The minimum atomic E-state index is -0.202. The van der Waals surface area contributed by atoms with E-state index in [4.69, 9.17) is 4.74 Å². The van der Waals surface area contributed by atoms with Crippen molar-refractivity contribution in [1.82, 2.24) is 0 Å². The Labute approximate surface area is 66.2 Å². The van der Waals surface area contributed by atoms with Crippen molar-refractivity contribution in [3.05, 3.63) is 11.8 Å². The van der Waals surface area contributed by atoms with Crippen LogP contribution in [0, 0.1) is 11.8 Å². The third kappa shape index (κ3) is 2.12. The fourth-order valence-electron chi connectivity index (χ4n) is 0.891. The number of carbonyl (C=O) groups excluding carboxylic acids is 1. The summed E-state index contributed by atoms with van der Waals surface area (Å²) in [5.41, 5.74) is 0. The van der Waals surface area contributed by atoms with Gasteiger partial charge in [-0.05, 0) is 31.8 Å². The van der Waals surface area contributed by atoms with Gasteiger partial charge in [0, 0.05) is 0 Å². The second-order valence-corrected chi connectivity index (χ2v) is 2.26. The molecule has 0 aromatic heterocycles. The smallest absolute Gasteiger partial charge is 0.270 e. The second-order valence-electron chi connectivity index (χ2n) is 2.26. The monoisotopic (exact) mass is 150 g/mol. The SMILES string of the molecule is CC#CC(=O)C1=CCCCO1. The van der Waals surface area contributed by atoms with Gasteiger partial charge in [-0.2, -0.15) is 0 Å². The zero-order valence-electron chi connectivity index (χ0n) is 6.52. The molecule has 0 spiro atoms. The van der Waals surface area contributed by atoms with Crippen LogP contribution < -0.4 is 0 Å². The average molecular weight is 150 g/mol. The van der Waals surface area contributed by atoms with Crippen molar-refractivity contribution in [2.24, 2.45) is 0 Å². The minimum Gasteiger partial charge on any atom is -0.489 e. The molecule has 11 heavy (non-hydrogen) atoms. The lowest BCUT2D eigenvalue weighted by atomic mass is 10.2. The topological polar surface area (TPSA) is 26.3 Å². The number of rotatable bonds is 1. The van der Waals surface area contributed by atoms with E-state index in [9.17, 15) is 4.79 Å². The van der Waals surface area contributed by atoms with Crippen molar-refractivity contribution in [3.8, 4) is 11.8 Å². The lowest BCUT2D eigenvalue weighted by Gasteiger charge is -2.10. The van der Waals surface area contributed by atoms with Gasteiger partial charge in [0.05, 0.1) is 6.61 Å². The van der Waals surface area contributed by atoms with E-state index in [1.807, 2.05) is 0 Å². The van der Waals surface area contributed by atoms with Gasteiger partial charge in [-0.25, -0.2) is 0 Å². The third-order valence-corrected chi connectivity index (χ3v) is 1.40. The zero-order chi connectivity index (χ0) is 8.10. The van der Waals surface area contributed by atoms with E-state index in [0.29, 0.717) is 12.4 Å². The zero-order valence-corrected chi connectivity index (χ0v) is 6.52. The van der Waals surface area contributed by atoms with E-state index < -0.39 is 0 Å². The minimum absolute atomic E-state index is 0.202. The van der Waals surface area contributed by atoms with Crippen LogP contribution in [0.1, 0.15) is 19.8 Å². The summed E-state index contributed by atoms with van der Waals surface area (Å²) in [5, 5.41) is 0. The van der Waals surface area contributed by atoms with Gasteiger partial charge in [-0.1, -0.05) is 5.92 Å². The highest BCUT2D eigenvalue weighted by Gasteiger charge is 2.10. The van der Waals surface area contributed by atoms with Crippen molar-refractivity contribution in [3.63, 3.8) is 0 Å². The van der Waals surface area contributed by atoms with Crippen molar-refractivity contribution in [2.45, 2.75) is 19.8 Å². The number of ether oxygens (including phenoxy) is 1.